The van der Waals surface area contributed by atoms with Gasteiger partial charge < -0.3 is 4.90 Å². The van der Waals surface area contributed by atoms with Crippen molar-refractivity contribution in [3.8, 4) is 0 Å². The zero-order chi connectivity index (χ0) is 11.8. The summed E-state index contributed by atoms with van der Waals surface area (Å²) in [6.07, 6.45) is 4.14. The number of hydrogen-bond donors (Lipinski definition) is 0. The molecule has 1 fully saturated rings. The van der Waals surface area contributed by atoms with Crippen LogP contribution in [0.1, 0.15) is 6.42 Å². The molecule has 1 aliphatic rings. The molecule has 0 aromatic carbocycles. The van der Waals surface area contributed by atoms with Gasteiger partial charge in [-0.05, 0) is 0 Å². The van der Waals surface area contributed by atoms with Crippen molar-refractivity contribution in [2.75, 3.05) is 11.4 Å². The summed E-state index contributed by atoms with van der Waals surface area (Å²) in [4.78, 5) is 20.4. The highest BCUT2D eigenvalue weighted by Crippen LogP contribution is 2.25. The minimum atomic E-state index is -3.71. The van der Waals surface area contributed by atoms with Crippen molar-refractivity contribution >= 4 is 31.3 Å². The molecule has 1 aromatic rings. The van der Waals surface area contributed by atoms with Crippen molar-refractivity contribution < 1.29 is 13.2 Å². The Morgan fingerprint density at radius 3 is 2.50 bits per heavy atom. The van der Waals surface area contributed by atoms with Crippen LogP contribution in [0.5, 0.6) is 0 Å². The van der Waals surface area contributed by atoms with Crippen LogP contribution in [-0.2, 0) is 13.8 Å². The fourth-order valence-corrected chi connectivity index (χ4v) is 2.57. The summed E-state index contributed by atoms with van der Waals surface area (Å²) in [5.74, 6) is -0.288. The van der Waals surface area contributed by atoms with Crippen molar-refractivity contribution in [2.24, 2.45) is 0 Å². The van der Waals surface area contributed by atoms with Crippen LogP contribution in [0.3, 0.4) is 0 Å². The van der Waals surface area contributed by atoms with Crippen LogP contribution in [0.25, 0.3) is 0 Å². The highest BCUT2D eigenvalue weighted by molar-refractivity contribution is 8.14. The van der Waals surface area contributed by atoms with E-state index in [4.69, 9.17) is 10.7 Å². The van der Waals surface area contributed by atoms with E-state index >= 15 is 0 Å². The van der Waals surface area contributed by atoms with Gasteiger partial charge in [-0.15, -0.1) is 0 Å². The lowest BCUT2D eigenvalue weighted by atomic mass is 10.4. The number of rotatable bonds is 2. The predicted molar refractivity (Wildman–Crippen MR) is 57.6 cm³/mol. The lowest BCUT2D eigenvalue weighted by Gasteiger charge is -2.14. The Balaban J connectivity index is 2.25. The molecular weight excluding hydrogens is 254 g/mol. The number of carbonyl (C=O) groups is 1. The van der Waals surface area contributed by atoms with Gasteiger partial charge in [0.1, 0.15) is 11.6 Å². The van der Waals surface area contributed by atoms with E-state index in [1.807, 2.05) is 0 Å². The molecule has 1 atom stereocenters. The SMILES string of the molecule is O=C1CC(S(=O)(=O)Cl)CN1c1cncnc1. The van der Waals surface area contributed by atoms with Crippen LogP contribution in [0.2, 0.25) is 0 Å². The van der Waals surface area contributed by atoms with Crippen molar-refractivity contribution in [3.63, 3.8) is 0 Å². The van der Waals surface area contributed by atoms with Gasteiger partial charge in [0.15, 0.2) is 0 Å². The van der Waals surface area contributed by atoms with Crippen molar-refractivity contribution in [2.45, 2.75) is 11.7 Å². The first-order valence-electron chi connectivity index (χ1n) is 4.47. The van der Waals surface area contributed by atoms with E-state index in [9.17, 15) is 13.2 Å². The summed E-state index contributed by atoms with van der Waals surface area (Å²) in [6.45, 7) is 0.0536. The van der Waals surface area contributed by atoms with Gasteiger partial charge in [-0.2, -0.15) is 0 Å². The second kappa shape index (κ2) is 3.99. The van der Waals surface area contributed by atoms with E-state index in [1.54, 1.807) is 0 Å². The number of anilines is 1. The van der Waals surface area contributed by atoms with E-state index < -0.39 is 14.3 Å². The summed E-state index contributed by atoms with van der Waals surface area (Å²) in [5, 5.41) is -0.859. The lowest BCUT2D eigenvalue weighted by molar-refractivity contribution is -0.117. The van der Waals surface area contributed by atoms with Crippen LogP contribution < -0.4 is 4.90 Å². The van der Waals surface area contributed by atoms with Crippen molar-refractivity contribution in [1.82, 2.24) is 9.97 Å². The Hall–Kier alpha value is -1.21. The average molecular weight is 262 g/mol. The average Bonchev–Trinajstić information content (AvgIpc) is 2.61. The second-order valence-electron chi connectivity index (χ2n) is 3.40. The number of carbonyl (C=O) groups excluding carboxylic acids is 1. The Bertz CT molecular complexity index is 505. The standard InChI is InChI=1S/C8H8ClN3O3S/c9-16(14,15)7-1-8(13)12(4-7)6-2-10-5-11-3-6/h2-3,5,7H,1,4H2. The number of halogens is 1. The van der Waals surface area contributed by atoms with Gasteiger partial charge in [-0.25, -0.2) is 18.4 Å². The molecule has 1 saturated heterocycles. The smallest absolute Gasteiger partial charge is 0.237 e. The molecule has 0 aliphatic carbocycles. The van der Waals surface area contributed by atoms with Gasteiger partial charge in [0.05, 0.1) is 18.1 Å². The number of nitrogens with zero attached hydrogens (tertiary/aromatic N) is 3. The molecule has 1 amide bonds. The largest absolute Gasteiger partial charge is 0.308 e. The van der Waals surface area contributed by atoms with Gasteiger partial charge in [0.25, 0.3) is 0 Å². The van der Waals surface area contributed by atoms with E-state index in [2.05, 4.69) is 9.97 Å². The van der Waals surface area contributed by atoms with E-state index in [0.29, 0.717) is 5.69 Å². The quantitative estimate of drug-likeness (QED) is 0.708. The van der Waals surface area contributed by atoms with Crippen molar-refractivity contribution in [3.05, 3.63) is 18.7 Å². The third-order valence-electron chi connectivity index (χ3n) is 2.35. The maximum absolute atomic E-state index is 11.6. The highest BCUT2D eigenvalue weighted by atomic mass is 35.7. The summed E-state index contributed by atoms with van der Waals surface area (Å²) in [6, 6.07) is 0. The molecule has 86 valence electrons. The van der Waals surface area contributed by atoms with Gasteiger partial charge in [-0.3, -0.25) is 4.79 Å². The molecule has 6 nitrogen and oxygen atoms in total. The molecule has 0 radical (unpaired) electrons. The number of amides is 1. The molecule has 0 spiro atoms. The molecule has 0 saturated carbocycles. The Kier molecular flexibility index (Phi) is 2.81. The lowest BCUT2D eigenvalue weighted by Crippen LogP contribution is -2.26. The minimum Gasteiger partial charge on any atom is -0.308 e. The predicted octanol–water partition coefficient (Wildman–Crippen LogP) is 0.150. The first kappa shape index (κ1) is 11.3. The third kappa shape index (κ3) is 2.14. The van der Waals surface area contributed by atoms with Crippen LogP contribution in [0.15, 0.2) is 18.7 Å². The monoisotopic (exact) mass is 261 g/mol. The molecule has 1 aliphatic heterocycles. The van der Waals surface area contributed by atoms with Crippen LogP contribution in [0, 0.1) is 0 Å². The fourth-order valence-electron chi connectivity index (χ4n) is 1.54. The second-order valence-corrected chi connectivity index (χ2v) is 6.31. The molecule has 8 heteroatoms. The molecule has 0 N–H and O–H groups in total. The molecule has 2 heterocycles. The maximum atomic E-state index is 11.6. The van der Waals surface area contributed by atoms with E-state index in [0.717, 1.165) is 0 Å². The molecule has 1 aromatic heterocycles. The van der Waals surface area contributed by atoms with Crippen LogP contribution in [0.4, 0.5) is 5.69 Å². The maximum Gasteiger partial charge on any atom is 0.237 e. The molecule has 1 unspecified atom stereocenters. The van der Waals surface area contributed by atoms with Gasteiger partial charge in [0.2, 0.25) is 15.0 Å². The zero-order valence-corrected chi connectivity index (χ0v) is 9.65. The first-order valence-corrected chi connectivity index (χ1v) is 6.84. The minimum absolute atomic E-state index is 0.0536. The normalized spacial score (nSPS) is 21.4. The Morgan fingerprint density at radius 1 is 1.38 bits per heavy atom. The third-order valence-corrected chi connectivity index (χ3v) is 4.21. The number of hydrogen-bond acceptors (Lipinski definition) is 5. The van der Waals surface area contributed by atoms with Crippen LogP contribution >= 0.6 is 10.7 Å². The van der Waals surface area contributed by atoms with Crippen LogP contribution in [-0.4, -0.2) is 36.1 Å². The summed E-state index contributed by atoms with van der Waals surface area (Å²) in [7, 11) is 1.51. The molecule has 0 bridgehead atoms. The van der Waals surface area contributed by atoms with Gasteiger partial charge in [0, 0.05) is 23.6 Å². The van der Waals surface area contributed by atoms with Gasteiger partial charge >= 0.3 is 0 Å². The summed E-state index contributed by atoms with van der Waals surface area (Å²) < 4.78 is 22.2. The Labute approximate surface area is 96.7 Å². The topological polar surface area (TPSA) is 80.2 Å². The van der Waals surface area contributed by atoms with E-state index in [1.165, 1.54) is 23.6 Å². The molecule has 2 rings (SSSR count). The fraction of sp³-hybridized carbons (Fsp3) is 0.375. The van der Waals surface area contributed by atoms with Gasteiger partial charge in [-0.1, -0.05) is 0 Å². The summed E-state index contributed by atoms with van der Waals surface area (Å²) >= 11 is 0. The van der Waals surface area contributed by atoms with Crippen molar-refractivity contribution in [1.29, 1.82) is 0 Å². The molecule has 16 heavy (non-hydrogen) atoms. The number of aromatic nitrogens is 2. The Morgan fingerprint density at radius 2 is 2.00 bits per heavy atom. The first-order chi connectivity index (χ1) is 7.48. The highest BCUT2D eigenvalue weighted by Gasteiger charge is 2.38. The zero-order valence-electron chi connectivity index (χ0n) is 8.08. The summed E-state index contributed by atoms with van der Waals surface area (Å²) in [5.41, 5.74) is 0.482. The van der Waals surface area contributed by atoms with E-state index in [-0.39, 0.29) is 18.9 Å². The molecular formula is C8H8ClN3O3S.